The molecule has 0 unspecified atom stereocenters. The topological polar surface area (TPSA) is 52.3 Å². The van der Waals surface area contributed by atoms with Crippen molar-refractivity contribution in [3.63, 3.8) is 0 Å². The summed E-state index contributed by atoms with van der Waals surface area (Å²) in [6, 6.07) is 16.9. The Balaban J connectivity index is 1.81. The van der Waals surface area contributed by atoms with Crippen molar-refractivity contribution >= 4 is 17.5 Å². The lowest BCUT2D eigenvalue weighted by atomic mass is 10.0. The van der Waals surface area contributed by atoms with Crippen molar-refractivity contribution in [3.05, 3.63) is 88.4 Å². The largest absolute Gasteiger partial charge is 0.486 e. The van der Waals surface area contributed by atoms with E-state index in [-0.39, 0.29) is 12.4 Å². The number of amides is 1. The third-order valence-corrected chi connectivity index (χ3v) is 4.05. The second-order valence-corrected chi connectivity index (χ2v) is 6.03. The normalized spacial score (nSPS) is 10.6. The quantitative estimate of drug-likeness (QED) is 0.687. The van der Waals surface area contributed by atoms with Gasteiger partial charge in [-0.2, -0.15) is 0 Å². The molecule has 1 amide bonds. The number of rotatable bonds is 5. The molecule has 3 aromatic carbocycles. The van der Waals surface area contributed by atoms with Crippen LogP contribution in [-0.2, 0) is 6.61 Å². The number of benzene rings is 3. The van der Waals surface area contributed by atoms with Gasteiger partial charge >= 0.3 is 0 Å². The zero-order valence-electron chi connectivity index (χ0n) is 13.5. The van der Waals surface area contributed by atoms with Crippen LogP contribution in [-0.4, -0.2) is 5.91 Å². The Morgan fingerprint density at radius 2 is 1.73 bits per heavy atom. The van der Waals surface area contributed by atoms with E-state index in [1.54, 1.807) is 12.1 Å². The van der Waals surface area contributed by atoms with Crippen molar-refractivity contribution in [2.24, 2.45) is 5.73 Å². The Morgan fingerprint density at radius 3 is 2.42 bits per heavy atom. The third-order valence-electron chi connectivity index (χ3n) is 3.80. The molecular formula is C20H14ClF2NO2. The highest BCUT2D eigenvalue weighted by atomic mass is 35.5. The zero-order valence-corrected chi connectivity index (χ0v) is 14.3. The highest BCUT2D eigenvalue weighted by Gasteiger charge is 2.19. The summed E-state index contributed by atoms with van der Waals surface area (Å²) in [5.41, 5.74) is 6.89. The predicted octanol–water partition coefficient (Wildman–Crippen LogP) is 4.96. The molecule has 132 valence electrons. The van der Waals surface area contributed by atoms with Gasteiger partial charge in [-0.05, 0) is 47.0 Å². The van der Waals surface area contributed by atoms with E-state index in [0.29, 0.717) is 5.02 Å². The lowest BCUT2D eigenvalue weighted by molar-refractivity contribution is 0.0991. The van der Waals surface area contributed by atoms with Crippen LogP contribution < -0.4 is 10.5 Å². The maximum absolute atomic E-state index is 14.2. The molecule has 3 rings (SSSR count). The molecule has 26 heavy (non-hydrogen) atoms. The lowest BCUT2D eigenvalue weighted by Crippen LogP contribution is -2.16. The number of ether oxygens (including phenoxy) is 1. The van der Waals surface area contributed by atoms with Crippen LogP contribution in [0.25, 0.3) is 11.1 Å². The Bertz CT molecular complexity index is 959. The molecule has 0 aliphatic carbocycles. The van der Waals surface area contributed by atoms with Gasteiger partial charge in [-0.1, -0.05) is 41.9 Å². The van der Waals surface area contributed by atoms with Gasteiger partial charge in [0.2, 0.25) is 0 Å². The molecule has 0 bridgehead atoms. The van der Waals surface area contributed by atoms with Gasteiger partial charge in [0, 0.05) is 5.02 Å². The molecule has 0 saturated heterocycles. The van der Waals surface area contributed by atoms with Crippen LogP contribution in [0.15, 0.2) is 60.7 Å². The molecule has 0 spiro atoms. The van der Waals surface area contributed by atoms with Crippen molar-refractivity contribution in [2.75, 3.05) is 0 Å². The Morgan fingerprint density at radius 1 is 1.00 bits per heavy atom. The summed E-state index contributed by atoms with van der Waals surface area (Å²) in [7, 11) is 0. The smallest absolute Gasteiger partial charge is 0.254 e. The molecule has 0 radical (unpaired) electrons. The maximum atomic E-state index is 14.2. The summed E-state index contributed by atoms with van der Waals surface area (Å²) in [5, 5.41) is 0.644. The van der Waals surface area contributed by atoms with Crippen LogP contribution in [0.2, 0.25) is 5.02 Å². The zero-order chi connectivity index (χ0) is 18.7. The van der Waals surface area contributed by atoms with E-state index in [1.165, 1.54) is 0 Å². The summed E-state index contributed by atoms with van der Waals surface area (Å²) in [4.78, 5) is 11.2. The van der Waals surface area contributed by atoms with Crippen LogP contribution in [0.5, 0.6) is 5.75 Å². The maximum Gasteiger partial charge on any atom is 0.254 e. The first kappa shape index (κ1) is 17.9. The minimum atomic E-state index is -1.19. The van der Waals surface area contributed by atoms with E-state index in [0.717, 1.165) is 28.8 Å². The number of primary amides is 1. The highest BCUT2D eigenvalue weighted by Crippen LogP contribution is 2.26. The molecular weight excluding hydrogens is 360 g/mol. The van der Waals surface area contributed by atoms with Gasteiger partial charge in [0.05, 0.1) is 0 Å². The summed E-state index contributed by atoms with van der Waals surface area (Å²) in [5.74, 6) is -3.55. The van der Waals surface area contributed by atoms with Crippen molar-refractivity contribution in [2.45, 2.75) is 6.61 Å². The van der Waals surface area contributed by atoms with Gasteiger partial charge in [-0.25, -0.2) is 8.78 Å². The molecule has 0 aliphatic heterocycles. The predicted molar refractivity (Wildman–Crippen MR) is 96.1 cm³/mol. The molecule has 0 saturated carbocycles. The lowest BCUT2D eigenvalue weighted by Gasteiger charge is -2.11. The van der Waals surface area contributed by atoms with E-state index in [9.17, 15) is 13.6 Å². The van der Waals surface area contributed by atoms with Gasteiger partial charge in [0.25, 0.3) is 5.91 Å². The summed E-state index contributed by atoms with van der Waals surface area (Å²) in [6.45, 7) is 0.0438. The molecule has 0 aromatic heterocycles. The van der Waals surface area contributed by atoms with E-state index >= 15 is 0 Å². The standard InChI is InChI=1S/C20H14ClF2NO2/c21-15-6-4-13(5-7-15)14-3-1-2-12(10-14)11-26-17-9-8-16(22)18(19(17)23)20(24)25/h1-10H,11H2,(H2,24,25). The van der Waals surface area contributed by atoms with Crippen molar-refractivity contribution in [1.82, 2.24) is 0 Å². The van der Waals surface area contributed by atoms with E-state index in [4.69, 9.17) is 22.1 Å². The van der Waals surface area contributed by atoms with Crippen LogP contribution >= 0.6 is 11.6 Å². The molecule has 0 heterocycles. The fourth-order valence-electron chi connectivity index (χ4n) is 2.51. The first-order valence-electron chi connectivity index (χ1n) is 7.71. The van der Waals surface area contributed by atoms with Crippen LogP contribution in [0, 0.1) is 11.6 Å². The van der Waals surface area contributed by atoms with Crippen LogP contribution in [0.4, 0.5) is 8.78 Å². The summed E-state index contributed by atoms with van der Waals surface area (Å²) < 4.78 is 33.1. The number of halogens is 3. The molecule has 3 nitrogen and oxygen atoms in total. The Kier molecular flexibility index (Phi) is 5.19. The van der Waals surface area contributed by atoms with Crippen molar-refractivity contribution < 1.29 is 18.3 Å². The fraction of sp³-hybridized carbons (Fsp3) is 0.0500. The van der Waals surface area contributed by atoms with Gasteiger partial charge in [-0.15, -0.1) is 0 Å². The minimum absolute atomic E-state index is 0.0438. The number of carbonyl (C=O) groups excluding carboxylic acids is 1. The van der Waals surface area contributed by atoms with Gasteiger partial charge in [0.1, 0.15) is 18.0 Å². The average molecular weight is 374 g/mol. The number of hydrogen-bond acceptors (Lipinski definition) is 2. The number of carbonyl (C=O) groups is 1. The van der Waals surface area contributed by atoms with E-state index in [2.05, 4.69) is 0 Å². The Hall–Kier alpha value is -2.92. The van der Waals surface area contributed by atoms with Crippen molar-refractivity contribution in [1.29, 1.82) is 0 Å². The third kappa shape index (κ3) is 3.83. The second kappa shape index (κ2) is 7.54. The van der Waals surface area contributed by atoms with Crippen LogP contribution in [0.3, 0.4) is 0 Å². The van der Waals surface area contributed by atoms with Gasteiger partial charge in [0.15, 0.2) is 11.6 Å². The summed E-state index contributed by atoms with van der Waals surface area (Å²) in [6.07, 6.45) is 0. The average Bonchev–Trinajstić information content (AvgIpc) is 2.62. The molecule has 0 atom stereocenters. The molecule has 6 heteroatoms. The summed E-state index contributed by atoms with van der Waals surface area (Å²) >= 11 is 5.89. The number of nitrogens with two attached hydrogens (primary N) is 1. The monoisotopic (exact) mass is 373 g/mol. The fourth-order valence-corrected chi connectivity index (χ4v) is 2.64. The number of hydrogen-bond donors (Lipinski definition) is 1. The minimum Gasteiger partial charge on any atom is -0.486 e. The Labute approximate surface area is 154 Å². The second-order valence-electron chi connectivity index (χ2n) is 5.59. The molecule has 0 aliphatic rings. The molecule has 2 N–H and O–H groups in total. The van der Waals surface area contributed by atoms with Gasteiger partial charge < -0.3 is 10.5 Å². The van der Waals surface area contributed by atoms with Gasteiger partial charge in [-0.3, -0.25) is 4.79 Å². The first-order chi connectivity index (χ1) is 12.5. The SMILES string of the molecule is NC(=O)c1c(F)ccc(OCc2cccc(-c3ccc(Cl)cc3)c2)c1F. The van der Waals surface area contributed by atoms with E-state index in [1.807, 2.05) is 36.4 Å². The molecule has 3 aromatic rings. The van der Waals surface area contributed by atoms with E-state index < -0.39 is 23.1 Å². The van der Waals surface area contributed by atoms with Crippen molar-refractivity contribution in [3.8, 4) is 16.9 Å². The van der Waals surface area contributed by atoms with Crippen LogP contribution in [0.1, 0.15) is 15.9 Å². The highest BCUT2D eigenvalue weighted by molar-refractivity contribution is 6.30. The molecule has 0 fully saturated rings. The first-order valence-corrected chi connectivity index (χ1v) is 8.09.